The van der Waals surface area contributed by atoms with E-state index in [1.165, 1.54) is 26.2 Å². The summed E-state index contributed by atoms with van der Waals surface area (Å²) in [4.78, 5) is 40.9. The number of hydrogen-bond acceptors (Lipinski definition) is 6. The van der Waals surface area contributed by atoms with Gasteiger partial charge < -0.3 is 30.0 Å². The fraction of sp³-hybridized carbons (Fsp3) is 0.656. The molecular formula is C32H42N2O6. The van der Waals surface area contributed by atoms with E-state index in [2.05, 4.69) is 5.32 Å². The zero-order valence-corrected chi connectivity index (χ0v) is 23.4. The van der Waals surface area contributed by atoms with Crippen molar-refractivity contribution in [3.05, 3.63) is 41.5 Å². The number of nitrogens with zero attached hydrogens (tertiary/aromatic N) is 1. The molecule has 1 aliphatic heterocycles. The SMILES string of the molecule is CC(=O)CCCC(=O)N(CC12CC3CC(CC(C3)C1)C2)[C@@H]1C=C(C(=O)NCCO)[C@@H]2c3ccccc3O[C@@H]2[C@H]1O. The molecule has 0 unspecified atom stereocenters. The molecule has 0 radical (unpaired) electrons. The largest absolute Gasteiger partial charge is 0.486 e. The smallest absolute Gasteiger partial charge is 0.247 e. The summed E-state index contributed by atoms with van der Waals surface area (Å²) in [6, 6.07) is 6.81. The Hall–Kier alpha value is -2.71. The molecule has 40 heavy (non-hydrogen) atoms. The number of Topliss-reactive ketones (excluding diaryl/α,β-unsaturated/α-hetero) is 1. The van der Waals surface area contributed by atoms with Gasteiger partial charge in [0, 0.05) is 37.1 Å². The average Bonchev–Trinajstić information content (AvgIpc) is 3.30. The van der Waals surface area contributed by atoms with Gasteiger partial charge in [-0.3, -0.25) is 9.59 Å². The highest BCUT2D eigenvalue weighted by molar-refractivity contribution is 5.96. The van der Waals surface area contributed by atoms with Crippen LogP contribution in [-0.2, 0) is 14.4 Å². The number of ether oxygens (including phenoxy) is 1. The van der Waals surface area contributed by atoms with Crippen LogP contribution < -0.4 is 10.1 Å². The van der Waals surface area contributed by atoms with E-state index in [1.54, 1.807) is 6.08 Å². The van der Waals surface area contributed by atoms with Gasteiger partial charge in [0.25, 0.3) is 0 Å². The minimum absolute atomic E-state index is 0.0359. The first-order valence-corrected chi connectivity index (χ1v) is 15.1. The van der Waals surface area contributed by atoms with Crippen LogP contribution in [0.5, 0.6) is 5.75 Å². The van der Waals surface area contributed by atoms with Crippen LogP contribution in [-0.4, -0.2) is 70.7 Å². The van der Waals surface area contributed by atoms with E-state index < -0.39 is 24.2 Å². The van der Waals surface area contributed by atoms with Crippen LogP contribution in [0.4, 0.5) is 0 Å². The molecule has 4 bridgehead atoms. The highest BCUT2D eigenvalue weighted by Crippen LogP contribution is 2.60. The summed E-state index contributed by atoms with van der Waals surface area (Å²) >= 11 is 0. The van der Waals surface area contributed by atoms with Crippen molar-refractivity contribution in [3.63, 3.8) is 0 Å². The molecule has 4 atom stereocenters. The predicted octanol–water partition coefficient (Wildman–Crippen LogP) is 3.11. The first-order chi connectivity index (χ1) is 19.3. The van der Waals surface area contributed by atoms with Crippen LogP contribution in [0, 0.1) is 23.2 Å². The number of aliphatic hydroxyl groups is 2. The van der Waals surface area contributed by atoms with Gasteiger partial charge in [-0.25, -0.2) is 0 Å². The number of para-hydroxylation sites is 1. The molecule has 3 N–H and O–H groups in total. The predicted molar refractivity (Wildman–Crippen MR) is 148 cm³/mol. The van der Waals surface area contributed by atoms with Crippen LogP contribution in [0.15, 0.2) is 35.9 Å². The first-order valence-electron chi connectivity index (χ1n) is 15.1. The summed E-state index contributed by atoms with van der Waals surface area (Å²) < 4.78 is 6.27. The van der Waals surface area contributed by atoms with E-state index in [-0.39, 0.29) is 42.6 Å². The van der Waals surface area contributed by atoms with E-state index in [0.29, 0.717) is 48.5 Å². The van der Waals surface area contributed by atoms with Crippen LogP contribution in [0.2, 0.25) is 0 Å². The molecule has 0 saturated heterocycles. The van der Waals surface area contributed by atoms with Crippen LogP contribution in [0.1, 0.15) is 76.2 Å². The lowest BCUT2D eigenvalue weighted by Gasteiger charge is -2.58. The fourth-order valence-electron chi connectivity index (χ4n) is 9.03. The Kier molecular flexibility index (Phi) is 7.51. The number of benzene rings is 1. The second-order valence-corrected chi connectivity index (χ2v) is 13.2. The number of ketones is 1. The Balaban J connectivity index is 1.35. The molecule has 4 saturated carbocycles. The molecule has 1 aromatic carbocycles. The maximum Gasteiger partial charge on any atom is 0.247 e. The number of hydrogen-bond donors (Lipinski definition) is 3. The van der Waals surface area contributed by atoms with Gasteiger partial charge in [0.2, 0.25) is 11.8 Å². The quantitative estimate of drug-likeness (QED) is 0.412. The zero-order valence-electron chi connectivity index (χ0n) is 23.4. The molecule has 4 fully saturated rings. The van der Waals surface area contributed by atoms with Gasteiger partial charge in [-0.15, -0.1) is 0 Å². The maximum atomic E-state index is 14.0. The molecule has 1 heterocycles. The third-order valence-electron chi connectivity index (χ3n) is 10.1. The van der Waals surface area contributed by atoms with E-state index in [9.17, 15) is 24.6 Å². The summed E-state index contributed by atoms with van der Waals surface area (Å²) in [7, 11) is 0. The van der Waals surface area contributed by atoms with Crippen molar-refractivity contribution in [2.24, 2.45) is 23.2 Å². The Morgan fingerprint density at radius 1 is 1.05 bits per heavy atom. The van der Waals surface area contributed by atoms with Gasteiger partial charge in [-0.2, -0.15) is 0 Å². The Morgan fingerprint density at radius 3 is 2.38 bits per heavy atom. The van der Waals surface area contributed by atoms with Crippen LogP contribution >= 0.6 is 0 Å². The molecule has 7 rings (SSSR count). The topological polar surface area (TPSA) is 116 Å². The number of carbonyl (C=O) groups excluding carboxylic acids is 3. The molecule has 2 amide bonds. The highest BCUT2D eigenvalue weighted by atomic mass is 16.5. The van der Waals surface area contributed by atoms with Gasteiger partial charge in [0.15, 0.2) is 0 Å². The lowest BCUT2D eigenvalue weighted by atomic mass is 9.49. The van der Waals surface area contributed by atoms with Crippen molar-refractivity contribution < 1.29 is 29.3 Å². The molecule has 6 aliphatic rings. The van der Waals surface area contributed by atoms with Gasteiger partial charge in [0.1, 0.15) is 23.7 Å². The van der Waals surface area contributed by atoms with Crippen molar-refractivity contribution in [2.45, 2.75) is 88.9 Å². The molecule has 0 aromatic heterocycles. The molecule has 5 aliphatic carbocycles. The van der Waals surface area contributed by atoms with E-state index in [0.717, 1.165) is 24.8 Å². The number of carbonyl (C=O) groups is 3. The summed E-state index contributed by atoms with van der Waals surface area (Å²) in [5, 5.41) is 24.0. The van der Waals surface area contributed by atoms with Crippen molar-refractivity contribution in [2.75, 3.05) is 19.7 Å². The monoisotopic (exact) mass is 550 g/mol. The van der Waals surface area contributed by atoms with E-state index in [1.807, 2.05) is 29.2 Å². The fourth-order valence-corrected chi connectivity index (χ4v) is 9.03. The standard InChI is InChI=1S/C32H42N2O6/c1-19(36)5-4-8-27(37)34(18-32-15-20-11-21(16-32)13-22(12-20)17-32)25-14-24(31(39)33-9-10-35)28-23-6-2-3-7-26(23)40-30(28)29(25)38/h2-3,6-7,14,20-22,25,28-30,35,38H,4-5,8-13,15-18H2,1H3,(H,33,39)/t20?,21?,22?,25-,28+,29+,30+,32?/m1/s1. The summed E-state index contributed by atoms with van der Waals surface area (Å²) in [6.45, 7) is 2.03. The summed E-state index contributed by atoms with van der Waals surface area (Å²) in [6.07, 6.45) is 8.32. The summed E-state index contributed by atoms with van der Waals surface area (Å²) in [5.41, 5.74) is 1.34. The van der Waals surface area contributed by atoms with Crippen LogP contribution in [0.3, 0.4) is 0 Å². The Bertz CT molecular complexity index is 1160. The number of nitrogens with one attached hydrogen (secondary N) is 1. The number of aliphatic hydroxyl groups excluding tert-OH is 2. The van der Waals surface area contributed by atoms with Crippen molar-refractivity contribution in [1.29, 1.82) is 0 Å². The second-order valence-electron chi connectivity index (χ2n) is 13.2. The first kappa shape index (κ1) is 27.5. The summed E-state index contributed by atoms with van der Waals surface area (Å²) in [5.74, 6) is 1.97. The number of fused-ring (bicyclic) bond motifs is 3. The van der Waals surface area contributed by atoms with E-state index >= 15 is 0 Å². The Morgan fingerprint density at radius 2 is 1.73 bits per heavy atom. The zero-order chi connectivity index (χ0) is 28.0. The third kappa shape index (κ3) is 5.09. The number of rotatable bonds is 10. The number of amides is 2. The molecule has 216 valence electrons. The molecule has 8 nitrogen and oxygen atoms in total. The lowest BCUT2D eigenvalue weighted by molar-refractivity contribution is -0.145. The molecule has 1 aromatic rings. The van der Waals surface area contributed by atoms with Gasteiger partial charge >= 0.3 is 0 Å². The van der Waals surface area contributed by atoms with E-state index in [4.69, 9.17) is 4.74 Å². The average molecular weight is 551 g/mol. The lowest BCUT2D eigenvalue weighted by Crippen LogP contribution is -2.59. The Labute approximate surface area is 236 Å². The highest BCUT2D eigenvalue weighted by Gasteiger charge is 2.55. The minimum Gasteiger partial charge on any atom is -0.486 e. The van der Waals surface area contributed by atoms with Crippen molar-refractivity contribution in [3.8, 4) is 5.75 Å². The second kappa shape index (κ2) is 10.9. The van der Waals surface area contributed by atoms with Crippen molar-refractivity contribution in [1.82, 2.24) is 10.2 Å². The normalized spacial score (nSPS) is 34.9. The van der Waals surface area contributed by atoms with Crippen LogP contribution in [0.25, 0.3) is 0 Å². The molecular weight excluding hydrogens is 508 g/mol. The van der Waals surface area contributed by atoms with Gasteiger partial charge in [0.05, 0.1) is 18.6 Å². The van der Waals surface area contributed by atoms with Gasteiger partial charge in [-0.1, -0.05) is 18.2 Å². The minimum atomic E-state index is -1.02. The van der Waals surface area contributed by atoms with Gasteiger partial charge in [-0.05, 0) is 87.2 Å². The molecule has 0 spiro atoms. The molecule has 8 heteroatoms. The maximum absolute atomic E-state index is 14.0. The third-order valence-corrected chi connectivity index (χ3v) is 10.1. The van der Waals surface area contributed by atoms with Crippen molar-refractivity contribution >= 4 is 17.6 Å².